The van der Waals surface area contributed by atoms with Crippen molar-refractivity contribution in [3.8, 4) is 34.8 Å². The van der Waals surface area contributed by atoms with Gasteiger partial charge < -0.3 is 10.5 Å². The molecule has 5 nitrogen and oxygen atoms in total. The molecule has 0 unspecified atom stereocenters. The molecule has 0 spiro atoms. The van der Waals surface area contributed by atoms with Crippen LogP contribution in [0, 0.1) is 22.7 Å². The van der Waals surface area contributed by atoms with Gasteiger partial charge in [-0.05, 0) is 35.9 Å². The zero-order valence-electron chi connectivity index (χ0n) is 12.6. The second kappa shape index (κ2) is 6.51. The SMILES string of the molecule is N#Cc1ccc(-c2cncc(Oc3ccc(N)c(C#N)c3)c2)cc1. The Morgan fingerprint density at radius 2 is 1.62 bits per heavy atom. The van der Waals surface area contributed by atoms with E-state index in [0.717, 1.165) is 11.1 Å². The Bertz CT molecular complexity index is 966. The van der Waals surface area contributed by atoms with Crippen molar-refractivity contribution in [2.75, 3.05) is 5.73 Å². The van der Waals surface area contributed by atoms with E-state index >= 15 is 0 Å². The van der Waals surface area contributed by atoms with Gasteiger partial charge >= 0.3 is 0 Å². The topological polar surface area (TPSA) is 95.7 Å². The van der Waals surface area contributed by atoms with Crippen LogP contribution in [0.5, 0.6) is 11.5 Å². The quantitative estimate of drug-likeness (QED) is 0.741. The van der Waals surface area contributed by atoms with Crippen LogP contribution in [0.3, 0.4) is 0 Å². The minimum absolute atomic E-state index is 0.365. The minimum atomic E-state index is 0.365. The van der Waals surface area contributed by atoms with E-state index in [4.69, 9.17) is 21.0 Å². The van der Waals surface area contributed by atoms with Crippen LogP contribution in [0.25, 0.3) is 11.1 Å². The van der Waals surface area contributed by atoms with Gasteiger partial charge in [0.1, 0.15) is 17.6 Å². The average molecular weight is 312 g/mol. The van der Waals surface area contributed by atoms with E-state index in [-0.39, 0.29) is 0 Å². The number of hydrogen-bond acceptors (Lipinski definition) is 5. The predicted octanol–water partition coefficient (Wildman–Crippen LogP) is 3.87. The van der Waals surface area contributed by atoms with Crippen molar-refractivity contribution in [3.05, 3.63) is 72.1 Å². The molecule has 0 bridgehead atoms. The molecule has 1 heterocycles. The van der Waals surface area contributed by atoms with Crippen molar-refractivity contribution in [1.29, 1.82) is 10.5 Å². The van der Waals surface area contributed by atoms with Crippen LogP contribution < -0.4 is 10.5 Å². The summed E-state index contributed by atoms with van der Waals surface area (Å²) < 4.78 is 5.76. The second-order valence-electron chi connectivity index (χ2n) is 5.06. The van der Waals surface area contributed by atoms with Crippen molar-refractivity contribution in [1.82, 2.24) is 4.98 Å². The molecule has 0 aliphatic heterocycles. The van der Waals surface area contributed by atoms with Gasteiger partial charge in [0, 0.05) is 23.5 Å². The third-order valence-corrected chi connectivity index (χ3v) is 3.44. The van der Waals surface area contributed by atoms with Crippen LogP contribution in [-0.4, -0.2) is 4.98 Å². The van der Waals surface area contributed by atoms with E-state index in [2.05, 4.69) is 11.1 Å². The summed E-state index contributed by atoms with van der Waals surface area (Å²) in [4.78, 5) is 4.18. The molecule has 0 aliphatic carbocycles. The molecule has 0 saturated heterocycles. The van der Waals surface area contributed by atoms with Crippen molar-refractivity contribution < 1.29 is 4.74 Å². The van der Waals surface area contributed by atoms with Gasteiger partial charge in [0.15, 0.2) is 0 Å². The molecule has 0 radical (unpaired) electrons. The number of nitrogens with zero attached hydrogens (tertiary/aromatic N) is 3. The molecular weight excluding hydrogens is 300 g/mol. The Labute approximate surface area is 139 Å². The second-order valence-corrected chi connectivity index (χ2v) is 5.06. The van der Waals surface area contributed by atoms with Crippen molar-refractivity contribution in [2.45, 2.75) is 0 Å². The van der Waals surface area contributed by atoms with E-state index in [1.54, 1.807) is 42.7 Å². The standard InChI is InChI=1S/C19H12N4O/c20-9-13-1-3-14(4-2-13)16-8-18(12-23-11-16)24-17-5-6-19(22)15(7-17)10-21/h1-8,11-12H,22H2. The zero-order chi connectivity index (χ0) is 16.9. The summed E-state index contributed by atoms with van der Waals surface area (Å²) in [6.07, 6.45) is 3.31. The summed E-state index contributed by atoms with van der Waals surface area (Å²) in [5.74, 6) is 1.06. The van der Waals surface area contributed by atoms with Crippen LogP contribution in [-0.2, 0) is 0 Å². The monoisotopic (exact) mass is 312 g/mol. The molecule has 0 amide bonds. The van der Waals surface area contributed by atoms with Gasteiger partial charge in [0.25, 0.3) is 0 Å². The predicted molar refractivity (Wildman–Crippen MR) is 90.0 cm³/mol. The van der Waals surface area contributed by atoms with Crippen LogP contribution in [0.2, 0.25) is 0 Å². The highest BCUT2D eigenvalue weighted by Crippen LogP contribution is 2.28. The zero-order valence-corrected chi connectivity index (χ0v) is 12.6. The van der Waals surface area contributed by atoms with Gasteiger partial charge in [-0.25, -0.2) is 0 Å². The molecule has 114 valence electrons. The highest BCUT2D eigenvalue weighted by Gasteiger charge is 2.05. The molecule has 3 rings (SSSR count). The van der Waals surface area contributed by atoms with Gasteiger partial charge in [-0.2, -0.15) is 10.5 Å². The maximum atomic E-state index is 9.02. The van der Waals surface area contributed by atoms with Gasteiger partial charge in [0.05, 0.1) is 23.4 Å². The number of hydrogen-bond donors (Lipinski definition) is 1. The minimum Gasteiger partial charge on any atom is -0.456 e. The largest absolute Gasteiger partial charge is 0.456 e. The molecule has 1 aromatic heterocycles. The van der Waals surface area contributed by atoms with E-state index in [1.807, 2.05) is 24.3 Å². The molecular formula is C19H12N4O. The van der Waals surface area contributed by atoms with E-state index in [9.17, 15) is 0 Å². The summed E-state index contributed by atoms with van der Waals surface area (Å²) in [6.45, 7) is 0. The first-order valence-electron chi connectivity index (χ1n) is 7.12. The fourth-order valence-corrected chi connectivity index (χ4v) is 2.20. The smallest absolute Gasteiger partial charge is 0.146 e. The van der Waals surface area contributed by atoms with Gasteiger partial charge in [-0.3, -0.25) is 4.98 Å². The van der Waals surface area contributed by atoms with E-state index < -0.39 is 0 Å². The van der Waals surface area contributed by atoms with Crippen LogP contribution in [0.1, 0.15) is 11.1 Å². The summed E-state index contributed by atoms with van der Waals surface area (Å²) in [5.41, 5.74) is 8.88. The Kier molecular flexibility index (Phi) is 4.09. The van der Waals surface area contributed by atoms with Gasteiger partial charge in [-0.15, -0.1) is 0 Å². The number of nitrogen functional groups attached to an aromatic ring is 1. The molecule has 2 aromatic carbocycles. The normalized spacial score (nSPS) is 9.75. The van der Waals surface area contributed by atoms with Gasteiger partial charge in [-0.1, -0.05) is 12.1 Å². The molecule has 3 aromatic rings. The molecule has 24 heavy (non-hydrogen) atoms. The number of ether oxygens (including phenoxy) is 1. The Hall–Kier alpha value is -3.83. The lowest BCUT2D eigenvalue weighted by atomic mass is 10.1. The maximum absolute atomic E-state index is 9.02. The third-order valence-electron chi connectivity index (χ3n) is 3.44. The fraction of sp³-hybridized carbons (Fsp3) is 0. The maximum Gasteiger partial charge on any atom is 0.146 e. The molecule has 0 aliphatic rings. The highest BCUT2D eigenvalue weighted by molar-refractivity contribution is 5.65. The molecule has 0 atom stereocenters. The number of pyridine rings is 1. The first-order chi connectivity index (χ1) is 11.7. The highest BCUT2D eigenvalue weighted by atomic mass is 16.5. The number of anilines is 1. The van der Waals surface area contributed by atoms with Crippen molar-refractivity contribution in [2.24, 2.45) is 0 Å². The van der Waals surface area contributed by atoms with Crippen LogP contribution in [0.4, 0.5) is 5.69 Å². The lowest BCUT2D eigenvalue weighted by Gasteiger charge is -2.08. The summed E-state index contributed by atoms with van der Waals surface area (Å²) >= 11 is 0. The molecule has 5 heteroatoms. The summed E-state index contributed by atoms with van der Waals surface area (Å²) in [7, 11) is 0. The number of nitrogens with two attached hydrogens (primary N) is 1. The third kappa shape index (κ3) is 3.16. The fourth-order valence-electron chi connectivity index (χ4n) is 2.20. The van der Waals surface area contributed by atoms with Crippen LogP contribution >= 0.6 is 0 Å². The molecule has 0 fully saturated rings. The molecule has 2 N–H and O–H groups in total. The Balaban J connectivity index is 1.88. The van der Waals surface area contributed by atoms with Crippen molar-refractivity contribution >= 4 is 5.69 Å². The van der Waals surface area contributed by atoms with E-state index in [1.165, 1.54) is 0 Å². The van der Waals surface area contributed by atoms with Gasteiger partial charge in [0.2, 0.25) is 0 Å². The summed E-state index contributed by atoms with van der Waals surface area (Å²) in [6, 6.07) is 18.1. The first-order valence-corrected chi connectivity index (χ1v) is 7.12. The number of rotatable bonds is 3. The summed E-state index contributed by atoms with van der Waals surface area (Å²) in [5, 5.41) is 17.9. The number of benzene rings is 2. The lowest BCUT2D eigenvalue weighted by Crippen LogP contribution is -1.92. The van der Waals surface area contributed by atoms with Crippen LogP contribution in [0.15, 0.2) is 60.9 Å². The number of nitriles is 2. The van der Waals surface area contributed by atoms with Crippen molar-refractivity contribution in [3.63, 3.8) is 0 Å². The molecule has 0 saturated carbocycles. The number of aromatic nitrogens is 1. The lowest BCUT2D eigenvalue weighted by molar-refractivity contribution is 0.480. The first kappa shape index (κ1) is 15.1. The Morgan fingerprint density at radius 3 is 2.33 bits per heavy atom. The Morgan fingerprint density at radius 1 is 0.833 bits per heavy atom. The average Bonchev–Trinajstić information content (AvgIpc) is 2.63. The van der Waals surface area contributed by atoms with E-state index in [0.29, 0.717) is 28.3 Å².